The Morgan fingerprint density at radius 3 is 2.82 bits per heavy atom. The number of hydrogen-bond donors (Lipinski definition) is 1. The molecule has 5 heteroatoms. The number of terminal acetylenes is 1. The highest BCUT2D eigenvalue weighted by Gasteiger charge is 2.10. The Hall–Kier alpha value is -1.38. The molecule has 1 aromatic carbocycles. The summed E-state index contributed by atoms with van der Waals surface area (Å²) < 4.78 is 13.4. The molecule has 3 nitrogen and oxygen atoms in total. The monoisotopic (exact) mass is 299 g/mol. The van der Waals surface area contributed by atoms with Crippen LogP contribution in [0.5, 0.6) is 0 Å². The summed E-state index contributed by atoms with van der Waals surface area (Å²) >= 11 is 3.08. The van der Waals surface area contributed by atoms with Crippen molar-refractivity contribution >= 4 is 21.9 Å². The normalized spacial score (nSPS) is 10.2. The van der Waals surface area contributed by atoms with Gasteiger partial charge in [0.25, 0.3) is 0 Å². The predicted octanol–water partition coefficient (Wildman–Crippen LogP) is 2.11. The smallest absolute Gasteiger partial charge is 0.317 e. The molecule has 0 unspecified atom stereocenters. The minimum absolute atomic E-state index is 0.140. The fourth-order valence-electron chi connectivity index (χ4n) is 1.38. The van der Waals surface area contributed by atoms with Crippen molar-refractivity contribution < 1.29 is 14.3 Å². The summed E-state index contributed by atoms with van der Waals surface area (Å²) in [5.74, 6) is 1.10. The molecule has 1 aromatic rings. The zero-order chi connectivity index (χ0) is 12.8. The summed E-state index contributed by atoms with van der Waals surface area (Å²) in [6, 6.07) is 4.54. The topological polar surface area (TPSA) is 40.5 Å². The lowest BCUT2D eigenvalue weighted by molar-refractivity contribution is -0.138. The number of benzene rings is 1. The molecule has 1 N–H and O–H groups in total. The SMILES string of the molecule is C#CCN(CC(=O)O)Cc1ccc(F)c(Br)c1. The number of rotatable bonds is 5. The predicted molar refractivity (Wildman–Crippen MR) is 65.8 cm³/mol. The Morgan fingerprint density at radius 1 is 1.59 bits per heavy atom. The summed E-state index contributed by atoms with van der Waals surface area (Å²) in [6.07, 6.45) is 5.16. The summed E-state index contributed by atoms with van der Waals surface area (Å²) in [6.45, 7) is 0.468. The van der Waals surface area contributed by atoms with Crippen LogP contribution in [-0.2, 0) is 11.3 Å². The molecule has 0 saturated heterocycles. The first-order valence-corrected chi connectivity index (χ1v) is 5.63. The Morgan fingerprint density at radius 2 is 2.29 bits per heavy atom. The highest BCUT2D eigenvalue weighted by atomic mass is 79.9. The summed E-state index contributed by atoms with van der Waals surface area (Å²) in [5, 5.41) is 8.71. The molecule has 0 spiro atoms. The minimum atomic E-state index is -0.943. The van der Waals surface area contributed by atoms with Crippen molar-refractivity contribution in [3.8, 4) is 12.3 Å². The molecule has 0 amide bonds. The van der Waals surface area contributed by atoms with Gasteiger partial charge >= 0.3 is 5.97 Å². The van der Waals surface area contributed by atoms with E-state index >= 15 is 0 Å². The quantitative estimate of drug-likeness (QED) is 0.847. The third kappa shape index (κ3) is 4.55. The van der Waals surface area contributed by atoms with E-state index in [-0.39, 0.29) is 18.9 Å². The molecule has 0 saturated carbocycles. The van der Waals surface area contributed by atoms with Crippen molar-refractivity contribution in [3.63, 3.8) is 0 Å². The first-order chi connectivity index (χ1) is 8.02. The van der Waals surface area contributed by atoms with Gasteiger partial charge in [-0.25, -0.2) is 4.39 Å². The van der Waals surface area contributed by atoms with E-state index in [4.69, 9.17) is 11.5 Å². The molecular weight excluding hydrogens is 289 g/mol. The fraction of sp³-hybridized carbons (Fsp3) is 0.250. The van der Waals surface area contributed by atoms with Gasteiger partial charge in [-0.05, 0) is 33.6 Å². The van der Waals surface area contributed by atoms with E-state index in [0.29, 0.717) is 11.0 Å². The molecule has 0 heterocycles. The Bertz CT molecular complexity index is 456. The van der Waals surface area contributed by atoms with Crippen molar-refractivity contribution in [2.45, 2.75) is 6.54 Å². The molecular formula is C12H11BrFNO2. The molecule has 0 aliphatic carbocycles. The van der Waals surface area contributed by atoms with E-state index < -0.39 is 5.97 Å². The molecule has 1 rings (SSSR count). The maximum absolute atomic E-state index is 13.0. The van der Waals surface area contributed by atoms with E-state index in [9.17, 15) is 9.18 Å². The van der Waals surface area contributed by atoms with Gasteiger partial charge in [0.2, 0.25) is 0 Å². The van der Waals surface area contributed by atoms with Crippen LogP contribution in [-0.4, -0.2) is 29.1 Å². The average molecular weight is 300 g/mol. The third-order valence-corrected chi connectivity index (χ3v) is 2.67. The van der Waals surface area contributed by atoms with Gasteiger partial charge in [-0.3, -0.25) is 9.69 Å². The molecule has 0 fully saturated rings. The van der Waals surface area contributed by atoms with Crippen LogP contribution in [0.4, 0.5) is 4.39 Å². The second-order valence-electron chi connectivity index (χ2n) is 3.49. The Balaban J connectivity index is 2.75. The molecule has 17 heavy (non-hydrogen) atoms. The Kier molecular flexibility index (Phi) is 5.13. The first kappa shape index (κ1) is 13.7. The highest BCUT2D eigenvalue weighted by Crippen LogP contribution is 2.17. The van der Waals surface area contributed by atoms with Crippen molar-refractivity contribution in [2.75, 3.05) is 13.1 Å². The van der Waals surface area contributed by atoms with Crippen molar-refractivity contribution in [3.05, 3.63) is 34.1 Å². The van der Waals surface area contributed by atoms with Crippen LogP contribution in [0.2, 0.25) is 0 Å². The average Bonchev–Trinajstić information content (AvgIpc) is 2.23. The molecule has 90 valence electrons. The fourth-order valence-corrected chi connectivity index (χ4v) is 1.81. The molecule has 0 bridgehead atoms. The van der Waals surface area contributed by atoms with E-state index in [0.717, 1.165) is 5.56 Å². The highest BCUT2D eigenvalue weighted by molar-refractivity contribution is 9.10. The van der Waals surface area contributed by atoms with Gasteiger partial charge in [0.15, 0.2) is 0 Å². The molecule has 0 atom stereocenters. The lowest BCUT2D eigenvalue weighted by atomic mass is 10.2. The largest absolute Gasteiger partial charge is 0.480 e. The standard InChI is InChI=1S/C12H11BrFNO2/c1-2-5-15(8-12(16)17)7-9-3-4-11(14)10(13)6-9/h1,3-4,6H,5,7-8H2,(H,16,17). The first-order valence-electron chi connectivity index (χ1n) is 4.84. The van der Waals surface area contributed by atoms with Gasteiger partial charge in [-0.1, -0.05) is 12.0 Å². The minimum Gasteiger partial charge on any atom is -0.480 e. The lowest BCUT2D eigenvalue weighted by Crippen LogP contribution is -2.29. The maximum Gasteiger partial charge on any atom is 0.317 e. The zero-order valence-corrected chi connectivity index (χ0v) is 10.6. The van der Waals surface area contributed by atoms with Crippen molar-refractivity contribution in [1.82, 2.24) is 4.90 Å². The van der Waals surface area contributed by atoms with Crippen LogP contribution >= 0.6 is 15.9 Å². The third-order valence-electron chi connectivity index (χ3n) is 2.06. The number of halogens is 2. The van der Waals surface area contributed by atoms with Crippen molar-refractivity contribution in [2.24, 2.45) is 0 Å². The van der Waals surface area contributed by atoms with Crippen LogP contribution in [0.15, 0.2) is 22.7 Å². The Labute approximate surface area is 107 Å². The van der Waals surface area contributed by atoms with Gasteiger partial charge in [0, 0.05) is 6.54 Å². The molecule has 0 aliphatic heterocycles. The van der Waals surface area contributed by atoms with Crippen LogP contribution in [0.1, 0.15) is 5.56 Å². The molecule has 0 radical (unpaired) electrons. The summed E-state index contributed by atoms with van der Waals surface area (Å²) in [4.78, 5) is 12.2. The molecule has 0 aliphatic rings. The number of carboxylic acid groups (broad SMARTS) is 1. The second kappa shape index (κ2) is 6.38. The van der Waals surface area contributed by atoms with Crippen molar-refractivity contribution in [1.29, 1.82) is 0 Å². The number of carbonyl (C=O) groups is 1. The van der Waals surface area contributed by atoms with E-state index in [1.165, 1.54) is 6.07 Å². The second-order valence-corrected chi connectivity index (χ2v) is 4.35. The van der Waals surface area contributed by atoms with Gasteiger partial charge in [-0.2, -0.15) is 0 Å². The maximum atomic E-state index is 13.0. The van der Waals surface area contributed by atoms with Crippen LogP contribution in [0, 0.1) is 18.2 Å². The number of carboxylic acids is 1. The van der Waals surface area contributed by atoms with Gasteiger partial charge in [-0.15, -0.1) is 6.42 Å². The van der Waals surface area contributed by atoms with E-state index in [1.807, 2.05) is 0 Å². The van der Waals surface area contributed by atoms with Gasteiger partial charge in [0.05, 0.1) is 17.6 Å². The van der Waals surface area contributed by atoms with E-state index in [1.54, 1.807) is 17.0 Å². The van der Waals surface area contributed by atoms with Crippen LogP contribution in [0.3, 0.4) is 0 Å². The van der Waals surface area contributed by atoms with Gasteiger partial charge < -0.3 is 5.11 Å². The van der Waals surface area contributed by atoms with E-state index in [2.05, 4.69) is 21.9 Å². The van der Waals surface area contributed by atoms with Gasteiger partial charge in [0.1, 0.15) is 5.82 Å². The summed E-state index contributed by atoms with van der Waals surface area (Å²) in [5.41, 5.74) is 0.801. The number of aliphatic carboxylic acids is 1. The molecule has 0 aromatic heterocycles. The zero-order valence-electron chi connectivity index (χ0n) is 8.99. The number of hydrogen-bond acceptors (Lipinski definition) is 2. The summed E-state index contributed by atoms with van der Waals surface area (Å²) in [7, 11) is 0. The van der Waals surface area contributed by atoms with Crippen LogP contribution in [0.25, 0.3) is 0 Å². The van der Waals surface area contributed by atoms with Crippen LogP contribution < -0.4 is 0 Å². The lowest BCUT2D eigenvalue weighted by Gasteiger charge is -2.17. The number of nitrogens with zero attached hydrogens (tertiary/aromatic N) is 1.